The van der Waals surface area contributed by atoms with E-state index in [0.29, 0.717) is 12.2 Å². The third kappa shape index (κ3) is 2.44. The van der Waals surface area contributed by atoms with Gasteiger partial charge in [0, 0.05) is 30.1 Å². The number of carbonyl (C=O) groups excluding carboxylic acids is 4. The van der Waals surface area contributed by atoms with Gasteiger partial charge in [-0.1, -0.05) is 20.8 Å². The Balaban J connectivity index is 1.90. The van der Waals surface area contributed by atoms with E-state index in [1.165, 1.54) is 14.0 Å². The molecule has 0 amide bonds. The van der Waals surface area contributed by atoms with Crippen LogP contribution in [0, 0.1) is 34.5 Å². The topological polar surface area (TPSA) is 96.0 Å². The summed E-state index contributed by atoms with van der Waals surface area (Å²) in [5.41, 5.74) is -2.93. The maximum atomic E-state index is 13.6. The Bertz CT molecular complexity index is 875. The van der Waals surface area contributed by atoms with E-state index in [1.54, 1.807) is 6.92 Å². The second kappa shape index (κ2) is 6.41. The van der Waals surface area contributed by atoms with E-state index in [1.807, 2.05) is 26.8 Å². The predicted molar refractivity (Wildman–Crippen MR) is 105 cm³/mol. The average molecular weight is 418 g/mol. The number of rotatable bonds is 2. The number of ketones is 2. The molecule has 0 aromatic carbocycles. The van der Waals surface area contributed by atoms with Crippen molar-refractivity contribution >= 4 is 23.5 Å². The predicted octanol–water partition coefficient (Wildman–Crippen LogP) is 2.61. The van der Waals surface area contributed by atoms with Crippen molar-refractivity contribution in [2.75, 3.05) is 7.11 Å². The third-order valence-corrected chi connectivity index (χ3v) is 8.75. The molecular weight excluding hydrogens is 388 g/mol. The Kier molecular flexibility index (Phi) is 4.50. The molecule has 0 unspecified atom stereocenters. The lowest BCUT2D eigenvalue weighted by Gasteiger charge is -2.67. The van der Waals surface area contributed by atoms with Crippen LogP contribution in [0.1, 0.15) is 53.9 Å². The van der Waals surface area contributed by atoms with E-state index in [2.05, 4.69) is 0 Å². The lowest BCUT2D eigenvalue weighted by atomic mass is 9.38. The molecule has 0 spiro atoms. The van der Waals surface area contributed by atoms with Crippen molar-refractivity contribution in [2.45, 2.75) is 65.6 Å². The Hall–Kier alpha value is -2.18. The Morgan fingerprint density at radius 2 is 1.80 bits per heavy atom. The number of Topliss-reactive ketones (excluding diaryl/α,β-unsaturated/α-hetero) is 2. The van der Waals surface area contributed by atoms with E-state index < -0.39 is 34.4 Å². The SMILES string of the molecule is COC1=C[C@@H](C)[C@@H]2C[C@H]3OC(=O)C[C@@H]4[C@@]3(C)[C@H](CC(=O)[C@@]4(C)OC(C)=O)[C@@]2(C)C1=O. The van der Waals surface area contributed by atoms with Gasteiger partial charge in [0.1, 0.15) is 6.10 Å². The van der Waals surface area contributed by atoms with Crippen molar-refractivity contribution in [3.8, 4) is 0 Å². The van der Waals surface area contributed by atoms with Crippen LogP contribution < -0.4 is 0 Å². The summed E-state index contributed by atoms with van der Waals surface area (Å²) in [5.74, 6) is -1.91. The van der Waals surface area contributed by atoms with Gasteiger partial charge in [-0.2, -0.15) is 0 Å². The molecule has 0 aromatic rings. The van der Waals surface area contributed by atoms with Crippen molar-refractivity contribution in [3.05, 3.63) is 11.8 Å². The molecule has 0 aromatic heterocycles. The van der Waals surface area contributed by atoms with Gasteiger partial charge in [0.2, 0.25) is 5.78 Å². The fourth-order valence-corrected chi connectivity index (χ4v) is 7.27. The summed E-state index contributed by atoms with van der Waals surface area (Å²) in [4.78, 5) is 51.4. The largest absolute Gasteiger partial charge is 0.493 e. The number of ether oxygens (including phenoxy) is 3. The quantitative estimate of drug-likeness (QED) is 0.636. The highest BCUT2D eigenvalue weighted by Gasteiger charge is 2.74. The number of fused-ring (bicyclic) bond motifs is 2. The Morgan fingerprint density at radius 3 is 2.40 bits per heavy atom. The maximum Gasteiger partial charge on any atom is 0.306 e. The van der Waals surface area contributed by atoms with Gasteiger partial charge in [-0.15, -0.1) is 0 Å². The summed E-state index contributed by atoms with van der Waals surface area (Å²) in [6.45, 7) is 8.85. The molecule has 1 heterocycles. The number of carbonyl (C=O) groups is 4. The van der Waals surface area contributed by atoms with Crippen molar-refractivity contribution < 1.29 is 33.4 Å². The van der Waals surface area contributed by atoms with Crippen LogP contribution in [0.15, 0.2) is 11.8 Å². The Morgan fingerprint density at radius 1 is 1.13 bits per heavy atom. The van der Waals surface area contributed by atoms with E-state index in [9.17, 15) is 19.2 Å². The number of allylic oxidation sites excluding steroid dienone is 2. The third-order valence-electron chi connectivity index (χ3n) is 8.75. The number of methoxy groups -OCH3 is 1. The molecule has 4 aliphatic rings. The fraction of sp³-hybridized carbons (Fsp3) is 0.739. The summed E-state index contributed by atoms with van der Waals surface area (Å²) >= 11 is 0. The lowest BCUT2D eigenvalue weighted by molar-refractivity contribution is -0.255. The highest BCUT2D eigenvalue weighted by atomic mass is 16.6. The van der Waals surface area contributed by atoms with Gasteiger partial charge in [-0.05, 0) is 37.2 Å². The standard InChI is InChI=1S/C23H30O7/c1-11-7-14(28-6)20(27)21(3)13(11)8-18-22(4)15(21)9-17(25)23(5,30-12(2)24)16(22)10-19(26)29-18/h7,11,13,15-16,18H,8-10H2,1-6H3/t11-,13+,15-,16-,18-,21+,22-,23+/m1/s1. The van der Waals surface area contributed by atoms with Crippen LogP contribution in [0.2, 0.25) is 0 Å². The van der Waals surface area contributed by atoms with Crippen LogP contribution in [0.25, 0.3) is 0 Å². The Labute approximate surface area is 176 Å². The summed E-state index contributed by atoms with van der Waals surface area (Å²) < 4.78 is 16.8. The summed E-state index contributed by atoms with van der Waals surface area (Å²) in [6, 6.07) is 0. The zero-order valence-electron chi connectivity index (χ0n) is 18.4. The lowest BCUT2D eigenvalue weighted by Crippen LogP contribution is -2.73. The summed E-state index contributed by atoms with van der Waals surface area (Å²) in [6.07, 6.45) is 2.00. The number of esters is 2. The van der Waals surface area contributed by atoms with Gasteiger partial charge in [0.25, 0.3) is 0 Å². The van der Waals surface area contributed by atoms with Gasteiger partial charge in [0.05, 0.1) is 13.5 Å². The van der Waals surface area contributed by atoms with E-state index in [0.717, 1.165) is 0 Å². The molecule has 164 valence electrons. The smallest absolute Gasteiger partial charge is 0.306 e. The molecule has 0 bridgehead atoms. The molecule has 4 rings (SSSR count). The van der Waals surface area contributed by atoms with Crippen LogP contribution in [0.3, 0.4) is 0 Å². The fourth-order valence-electron chi connectivity index (χ4n) is 7.27. The van der Waals surface area contributed by atoms with E-state index in [-0.39, 0.29) is 48.1 Å². The van der Waals surface area contributed by atoms with Crippen LogP contribution >= 0.6 is 0 Å². The zero-order valence-corrected chi connectivity index (χ0v) is 18.4. The molecule has 3 fully saturated rings. The molecule has 2 saturated carbocycles. The molecule has 7 nitrogen and oxygen atoms in total. The van der Waals surface area contributed by atoms with E-state index >= 15 is 0 Å². The highest BCUT2D eigenvalue weighted by Crippen LogP contribution is 2.68. The summed E-state index contributed by atoms with van der Waals surface area (Å²) in [7, 11) is 1.49. The molecular formula is C23H30O7. The maximum absolute atomic E-state index is 13.6. The minimum absolute atomic E-state index is 0.0174. The first-order valence-corrected chi connectivity index (χ1v) is 10.6. The minimum atomic E-state index is -1.42. The van der Waals surface area contributed by atoms with Crippen LogP contribution in [0.5, 0.6) is 0 Å². The zero-order chi connectivity index (χ0) is 22.2. The molecule has 8 atom stereocenters. The molecule has 1 saturated heterocycles. The first-order valence-electron chi connectivity index (χ1n) is 10.6. The highest BCUT2D eigenvalue weighted by molar-refractivity contribution is 6.01. The van der Waals surface area contributed by atoms with Gasteiger partial charge in [-0.3, -0.25) is 19.2 Å². The first-order chi connectivity index (χ1) is 13.9. The second-order valence-corrected chi connectivity index (χ2v) is 10.0. The molecule has 3 aliphatic carbocycles. The van der Waals surface area contributed by atoms with Gasteiger partial charge >= 0.3 is 11.9 Å². The van der Waals surface area contributed by atoms with Crippen molar-refractivity contribution in [3.63, 3.8) is 0 Å². The summed E-state index contributed by atoms with van der Waals surface area (Å²) in [5, 5.41) is 0. The first kappa shape index (κ1) is 21.1. The van der Waals surface area contributed by atoms with Gasteiger partial charge in [-0.25, -0.2) is 0 Å². The number of hydrogen-bond donors (Lipinski definition) is 0. The van der Waals surface area contributed by atoms with Crippen molar-refractivity contribution in [1.29, 1.82) is 0 Å². The van der Waals surface area contributed by atoms with Gasteiger partial charge in [0.15, 0.2) is 17.1 Å². The molecule has 7 heteroatoms. The second-order valence-electron chi connectivity index (χ2n) is 10.0. The van der Waals surface area contributed by atoms with Crippen molar-refractivity contribution in [2.24, 2.45) is 34.5 Å². The number of hydrogen-bond acceptors (Lipinski definition) is 7. The molecule has 1 aliphatic heterocycles. The minimum Gasteiger partial charge on any atom is -0.493 e. The molecule has 0 N–H and O–H groups in total. The van der Waals surface area contributed by atoms with Crippen molar-refractivity contribution in [1.82, 2.24) is 0 Å². The van der Waals surface area contributed by atoms with E-state index in [4.69, 9.17) is 14.2 Å². The van der Waals surface area contributed by atoms with Gasteiger partial charge < -0.3 is 14.2 Å². The normalized spacial score (nSPS) is 47.5. The average Bonchev–Trinajstić information content (AvgIpc) is 2.65. The van der Waals surface area contributed by atoms with Crippen LogP contribution in [-0.2, 0) is 33.4 Å². The van der Waals surface area contributed by atoms with Crippen LogP contribution in [0.4, 0.5) is 0 Å². The monoisotopic (exact) mass is 418 g/mol. The molecule has 30 heavy (non-hydrogen) atoms. The van der Waals surface area contributed by atoms with Crippen LogP contribution in [-0.4, -0.2) is 42.3 Å². The molecule has 0 radical (unpaired) electrons.